The van der Waals surface area contributed by atoms with Crippen molar-refractivity contribution < 1.29 is 43.8 Å². The van der Waals surface area contributed by atoms with E-state index in [4.69, 9.17) is 5.73 Å². The molecule has 0 unspecified atom stereocenters. The van der Waals surface area contributed by atoms with Crippen LogP contribution in [0.5, 0.6) is 5.75 Å². The van der Waals surface area contributed by atoms with Crippen molar-refractivity contribution in [3.8, 4) is 5.75 Å². The van der Waals surface area contributed by atoms with Gasteiger partial charge in [-0.3, -0.25) is 33.6 Å². The number of amides is 6. The number of aliphatic carboxylic acids is 1. The number of carbonyl (C=O) groups excluding carboxylic acids is 6. The molecule has 3 aromatic rings. The van der Waals surface area contributed by atoms with E-state index in [1.807, 2.05) is 45.0 Å². The van der Waals surface area contributed by atoms with Gasteiger partial charge in [-0.2, -0.15) is 11.8 Å². The monoisotopic (exact) mass is 755 g/mol. The first-order chi connectivity index (χ1) is 25.3. The molecule has 0 radical (unpaired) electrons. The predicted octanol–water partition coefficient (Wildman–Crippen LogP) is 0.863. The van der Waals surface area contributed by atoms with E-state index in [0.29, 0.717) is 16.9 Å². The van der Waals surface area contributed by atoms with Crippen molar-refractivity contribution in [3.05, 3.63) is 65.9 Å². The summed E-state index contributed by atoms with van der Waals surface area (Å²) in [5.41, 5.74) is 7.30. The van der Waals surface area contributed by atoms with Crippen molar-refractivity contribution in [2.45, 2.75) is 77.5 Å². The quantitative estimate of drug-likeness (QED) is 0.0786. The molecule has 0 aliphatic rings. The summed E-state index contributed by atoms with van der Waals surface area (Å²) in [6.07, 6.45) is 0.0846. The van der Waals surface area contributed by atoms with Crippen LogP contribution in [0.3, 0.4) is 0 Å². The Hall–Kier alpha value is -5.58. The van der Waals surface area contributed by atoms with Crippen LogP contribution in [0.1, 0.15) is 51.7 Å². The normalized spacial score (nSPS) is 12.8. The molecule has 10 N–H and O–H groups in total. The molecule has 0 saturated carbocycles. The number of aromatic hydroxyl groups is 1. The Labute approximate surface area is 311 Å². The number of para-hydroxylation sites is 1. The highest BCUT2D eigenvalue weighted by atomic mass is 32.2. The number of rotatable bonds is 20. The summed E-state index contributed by atoms with van der Waals surface area (Å²) in [7, 11) is 0. The number of hydrogen-bond donors (Lipinski definition) is 9. The lowest BCUT2D eigenvalue weighted by atomic mass is 10.0. The van der Waals surface area contributed by atoms with Crippen LogP contribution in [-0.4, -0.2) is 98.8 Å². The minimum atomic E-state index is -1.69. The molecule has 17 heteroatoms. The number of likely N-dealkylation sites (N-methyl/N-ethyl adjacent to an activating group) is 1. The molecule has 0 saturated heterocycles. The number of nitrogens with two attached hydrogens (primary N) is 1. The Morgan fingerprint density at radius 2 is 1.32 bits per heavy atom. The summed E-state index contributed by atoms with van der Waals surface area (Å²) in [6.45, 7) is 7.78. The molecule has 0 fully saturated rings. The number of fused-ring (bicyclic) bond motifs is 1. The summed E-state index contributed by atoms with van der Waals surface area (Å²) in [6, 6.07) is 7.26. The lowest BCUT2D eigenvalue weighted by molar-refractivity contribution is -0.141. The molecule has 16 nitrogen and oxygen atoms in total. The van der Waals surface area contributed by atoms with E-state index >= 15 is 0 Å². The van der Waals surface area contributed by atoms with Crippen LogP contribution in [0.4, 0.5) is 0 Å². The second kappa shape index (κ2) is 22.4. The molecule has 2 aromatic carbocycles. The number of aromatic amines is 1. The summed E-state index contributed by atoms with van der Waals surface area (Å²) >= 11 is 1.28. The van der Waals surface area contributed by atoms with E-state index in [9.17, 15) is 43.8 Å². The SMILES string of the molecule is CC.CCNC(=O)[C@H](Cc1c[nH]c2ccccc12)NC(=O)[C@H](CC(=O)O)NC(=O)[C@H](Cc1ccc(O)cc1)NC(=O)[C@H](CC(N)=O)NC(=O)CSCC. The van der Waals surface area contributed by atoms with Gasteiger partial charge in [-0.05, 0) is 42.0 Å². The first kappa shape index (κ1) is 43.6. The van der Waals surface area contributed by atoms with Gasteiger partial charge >= 0.3 is 5.97 Å². The van der Waals surface area contributed by atoms with Crippen molar-refractivity contribution in [2.24, 2.45) is 5.73 Å². The molecule has 288 valence electrons. The van der Waals surface area contributed by atoms with Gasteiger partial charge in [0.05, 0.1) is 18.6 Å². The predicted molar refractivity (Wildman–Crippen MR) is 201 cm³/mol. The average Bonchev–Trinajstić information content (AvgIpc) is 3.53. The highest BCUT2D eigenvalue weighted by Gasteiger charge is 2.33. The fraction of sp³-hybridized carbons (Fsp3) is 0.417. The number of primary amides is 1. The molecule has 0 bridgehead atoms. The maximum absolute atomic E-state index is 13.8. The molecule has 1 aromatic heterocycles. The third kappa shape index (κ3) is 14.5. The average molecular weight is 756 g/mol. The Morgan fingerprint density at radius 3 is 1.91 bits per heavy atom. The lowest BCUT2D eigenvalue weighted by Gasteiger charge is -2.26. The molecule has 3 rings (SSSR count). The second-order valence-electron chi connectivity index (χ2n) is 11.5. The van der Waals surface area contributed by atoms with Crippen molar-refractivity contribution >= 4 is 64.1 Å². The number of hydrogen-bond acceptors (Lipinski definition) is 9. The zero-order chi connectivity index (χ0) is 39.5. The minimum absolute atomic E-state index is 0.0000257. The summed E-state index contributed by atoms with van der Waals surface area (Å²) in [5.74, 6) is -5.74. The van der Waals surface area contributed by atoms with Crippen molar-refractivity contribution in [1.29, 1.82) is 0 Å². The van der Waals surface area contributed by atoms with Crippen molar-refractivity contribution in [3.63, 3.8) is 0 Å². The van der Waals surface area contributed by atoms with Gasteiger partial charge in [-0.25, -0.2) is 0 Å². The van der Waals surface area contributed by atoms with Crippen LogP contribution in [0.15, 0.2) is 54.7 Å². The van der Waals surface area contributed by atoms with Gasteiger partial charge in [0, 0.05) is 36.5 Å². The van der Waals surface area contributed by atoms with Gasteiger partial charge in [-0.1, -0.05) is 51.1 Å². The number of thioether (sulfide) groups is 1. The van der Waals surface area contributed by atoms with E-state index in [1.54, 1.807) is 13.1 Å². The summed E-state index contributed by atoms with van der Waals surface area (Å²) in [4.78, 5) is 93.0. The van der Waals surface area contributed by atoms with Gasteiger partial charge in [0.1, 0.15) is 29.9 Å². The standard InChI is InChI=1S/C34H43N7O9S.C2H6/c1-3-36-31(47)25(14-20-17-37-23-8-6-5-7-22(20)23)40-34(50)27(16-30(45)46)41-32(48)24(13-19-9-11-21(42)12-10-19)39-33(49)26(15-28(35)43)38-29(44)18-51-4-2;1-2/h5-12,17,24-27,37,42H,3-4,13-16,18H2,1-2H3,(H2,35,43)(H,36,47)(H,38,44)(H,39,49)(H,40,50)(H,41,48)(H,45,46);1-2H3/t24-,25-,26-,27-;/m0./s1. The van der Waals surface area contributed by atoms with Crippen LogP contribution in [0.25, 0.3) is 10.9 Å². The Morgan fingerprint density at radius 1 is 0.755 bits per heavy atom. The number of carboxylic acid groups (broad SMARTS) is 1. The maximum atomic E-state index is 13.8. The van der Waals surface area contributed by atoms with Crippen LogP contribution < -0.4 is 32.3 Å². The first-order valence-corrected chi connectivity index (χ1v) is 18.4. The molecular weight excluding hydrogens is 707 g/mol. The largest absolute Gasteiger partial charge is 0.508 e. The molecule has 53 heavy (non-hydrogen) atoms. The number of phenolic OH excluding ortho intramolecular Hbond substituents is 1. The van der Waals surface area contributed by atoms with Gasteiger partial charge in [-0.15, -0.1) is 0 Å². The van der Waals surface area contributed by atoms with E-state index in [1.165, 1.54) is 36.0 Å². The number of aromatic nitrogens is 1. The molecular formula is C36H49N7O9S. The Kier molecular flexibility index (Phi) is 18.4. The molecule has 0 spiro atoms. The van der Waals surface area contributed by atoms with Crippen molar-refractivity contribution in [2.75, 3.05) is 18.1 Å². The fourth-order valence-corrected chi connectivity index (χ4v) is 5.62. The second-order valence-corrected chi connectivity index (χ2v) is 12.8. The number of benzene rings is 2. The number of phenols is 1. The van der Waals surface area contributed by atoms with E-state index in [-0.39, 0.29) is 30.9 Å². The zero-order valence-electron chi connectivity index (χ0n) is 30.2. The highest BCUT2D eigenvalue weighted by molar-refractivity contribution is 7.99. The zero-order valence-corrected chi connectivity index (χ0v) is 31.0. The fourth-order valence-electron chi connectivity index (χ4n) is 5.15. The third-order valence-corrected chi connectivity index (χ3v) is 8.47. The topological polar surface area (TPSA) is 262 Å². The number of nitrogens with one attached hydrogen (secondary N) is 6. The molecule has 6 amide bonds. The smallest absolute Gasteiger partial charge is 0.305 e. The summed E-state index contributed by atoms with van der Waals surface area (Å²) in [5, 5.41) is 32.7. The summed E-state index contributed by atoms with van der Waals surface area (Å²) < 4.78 is 0. The number of H-pyrrole nitrogens is 1. The minimum Gasteiger partial charge on any atom is -0.508 e. The van der Waals surface area contributed by atoms with Gasteiger partial charge in [0.25, 0.3) is 0 Å². The Balaban J connectivity index is 0.00000477. The van der Waals surface area contributed by atoms with Gasteiger partial charge in [0.2, 0.25) is 35.4 Å². The molecule has 1 heterocycles. The lowest BCUT2D eigenvalue weighted by Crippen LogP contribution is -2.59. The van der Waals surface area contributed by atoms with Crippen molar-refractivity contribution in [1.82, 2.24) is 31.6 Å². The van der Waals surface area contributed by atoms with Crippen LogP contribution in [0.2, 0.25) is 0 Å². The molecule has 4 atom stereocenters. The maximum Gasteiger partial charge on any atom is 0.305 e. The number of carboxylic acids is 1. The van der Waals surface area contributed by atoms with Gasteiger partial charge < -0.3 is 47.5 Å². The van der Waals surface area contributed by atoms with Crippen LogP contribution >= 0.6 is 11.8 Å². The van der Waals surface area contributed by atoms with Crippen LogP contribution in [-0.2, 0) is 46.4 Å². The third-order valence-electron chi connectivity index (χ3n) is 7.60. The molecule has 0 aliphatic heterocycles. The highest BCUT2D eigenvalue weighted by Crippen LogP contribution is 2.19. The number of carbonyl (C=O) groups is 7. The van der Waals surface area contributed by atoms with E-state index in [0.717, 1.165) is 10.9 Å². The Bertz CT molecular complexity index is 1710. The van der Waals surface area contributed by atoms with Crippen LogP contribution in [0, 0.1) is 0 Å². The molecule has 0 aliphatic carbocycles. The van der Waals surface area contributed by atoms with E-state index in [2.05, 4.69) is 31.6 Å². The van der Waals surface area contributed by atoms with Gasteiger partial charge in [0.15, 0.2) is 0 Å². The first-order valence-electron chi connectivity index (χ1n) is 17.2. The van der Waals surface area contributed by atoms with E-state index < -0.39 is 78.4 Å².